The summed E-state index contributed by atoms with van der Waals surface area (Å²) in [7, 11) is -3.79. The van der Waals surface area contributed by atoms with Crippen LogP contribution >= 0.6 is 0 Å². The van der Waals surface area contributed by atoms with Crippen molar-refractivity contribution in [3.63, 3.8) is 0 Å². The number of carbonyl (C=O) groups excluding carboxylic acids is 1. The number of anilines is 2. The molecular weight excluding hydrogens is 381 g/mol. The number of carbonyl (C=O) groups is 1. The highest BCUT2D eigenvalue weighted by Crippen LogP contribution is 2.39. The molecule has 0 fully saturated rings. The third-order valence-corrected chi connectivity index (χ3v) is 3.83. The van der Waals surface area contributed by atoms with E-state index in [1.807, 2.05) is 0 Å². The second-order valence-electron chi connectivity index (χ2n) is 5.43. The van der Waals surface area contributed by atoms with E-state index in [1.165, 1.54) is 18.2 Å². The van der Waals surface area contributed by atoms with Crippen LogP contribution in [0, 0.1) is 15.9 Å². The molecule has 0 unspecified atom stereocenters. The van der Waals surface area contributed by atoms with Crippen LogP contribution in [0.4, 0.5) is 21.5 Å². The number of amides is 1. The monoisotopic (exact) mass is 397 g/mol. The van der Waals surface area contributed by atoms with Crippen LogP contribution in [0.1, 0.15) is 13.3 Å². The van der Waals surface area contributed by atoms with Gasteiger partial charge in [-0.3, -0.25) is 19.6 Å². The van der Waals surface area contributed by atoms with Crippen LogP contribution in [0.5, 0.6) is 11.5 Å². The van der Waals surface area contributed by atoms with E-state index in [9.17, 15) is 27.7 Å². The lowest BCUT2D eigenvalue weighted by Gasteiger charge is -2.15. The van der Waals surface area contributed by atoms with E-state index in [0.29, 0.717) is 0 Å². The Kier molecular flexibility index (Phi) is 5.95. The fraction of sp³-hybridized carbons (Fsp3) is 0.188. The van der Waals surface area contributed by atoms with Crippen molar-refractivity contribution in [2.24, 2.45) is 0 Å². The van der Waals surface area contributed by atoms with E-state index in [0.717, 1.165) is 24.5 Å². The normalized spacial score (nSPS) is 10.9. The van der Waals surface area contributed by atoms with Crippen molar-refractivity contribution in [3.05, 3.63) is 52.3 Å². The van der Waals surface area contributed by atoms with Gasteiger partial charge in [-0.05, 0) is 18.2 Å². The molecule has 11 heteroatoms. The molecule has 0 heterocycles. The van der Waals surface area contributed by atoms with Gasteiger partial charge in [0.15, 0.2) is 17.3 Å². The lowest BCUT2D eigenvalue weighted by molar-refractivity contribution is -0.384. The van der Waals surface area contributed by atoms with Gasteiger partial charge in [0.1, 0.15) is 5.69 Å². The Hall–Kier alpha value is -3.21. The van der Waals surface area contributed by atoms with Crippen LogP contribution in [-0.2, 0) is 14.8 Å². The zero-order chi connectivity index (χ0) is 20.2. The van der Waals surface area contributed by atoms with Crippen LogP contribution < -0.4 is 14.8 Å². The van der Waals surface area contributed by atoms with Gasteiger partial charge < -0.3 is 10.1 Å². The summed E-state index contributed by atoms with van der Waals surface area (Å²) in [5.74, 6) is -1.81. The number of nitro benzene ring substituents is 1. The van der Waals surface area contributed by atoms with Crippen LogP contribution in [0.3, 0.4) is 0 Å². The Bertz CT molecular complexity index is 994. The highest BCUT2D eigenvalue weighted by atomic mass is 32.2. The number of para-hydroxylation sites is 1. The van der Waals surface area contributed by atoms with Crippen LogP contribution in [0.25, 0.3) is 0 Å². The molecule has 27 heavy (non-hydrogen) atoms. The lowest BCUT2D eigenvalue weighted by Crippen LogP contribution is -2.14. The van der Waals surface area contributed by atoms with Gasteiger partial charge in [-0.15, -0.1) is 0 Å². The standard InChI is InChI=1S/C16H16FN3O6S/c1-3-16(21)18-11-8-12(19-27(2,24)25)15(9-13(11)20(22)23)26-14-7-5-4-6-10(14)17/h4-9,19H,3H2,1-2H3,(H,18,21). The van der Waals surface area contributed by atoms with E-state index < -0.39 is 32.4 Å². The van der Waals surface area contributed by atoms with Gasteiger partial charge in [0.25, 0.3) is 5.69 Å². The number of halogens is 1. The summed E-state index contributed by atoms with van der Waals surface area (Å²) in [4.78, 5) is 22.2. The maximum atomic E-state index is 13.8. The van der Waals surface area contributed by atoms with Crippen molar-refractivity contribution in [1.82, 2.24) is 0 Å². The highest BCUT2D eigenvalue weighted by molar-refractivity contribution is 7.92. The summed E-state index contributed by atoms with van der Waals surface area (Å²) in [5, 5.41) is 13.7. The first-order valence-corrected chi connectivity index (χ1v) is 9.52. The van der Waals surface area contributed by atoms with Crippen LogP contribution in [-0.4, -0.2) is 25.5 Å². The summed E-state index contributed by atoms with van der Waals surface area (Å²) in [6.45, 7) is 1.55. The number of benzene rings is 2. The summed E-state index contributed by atoms with van der Waals surface area (Å²) < 4.78 is 44.6. The Balaban J connectivity index is 2.61. The molecule has 0 spiro atoms. The molecule has 0 aliphatic rings. The number of nitrogens with zero attached hydrogens (tertiary/aromatic N) is 1. The molecule has 0 aliphatic carbocycles. The smallest absolute Gasteiger partial charge is 0.296 e. The molecule has 9 nitrogen and oxygen atoms in total. The summed E-state index contributed by atoms with van der Waals surface area (Å²) in [6, 6.07) is 7.24. The molecule has 2 N–H and O–H groups in total. The van der Waals surface area contributed by atoms with E-state index in [4.69, 9.17) is 4.74 Å². The van der Waals surface area contributed by atoms with E-state index in [-0.39, 0.29) is 29.3 Å². The number of sulfonamides is 1. The number of nitrogens with one attached hydrogen (secondary N) is 2. The number of rotatable bonds is 7. The average molecular weight is 397 g/mol. The Labute approximate surface area is 154 Å². The molecule has 144 valence electrons. The Morgan fingerprint density at radius 2 is 1.89 bits per heavy atom. The largest absolute Gasteiger partial charge is 0.452 e. The lowest BCUT2D eigenvalue weighted by atomic mass is 10.2. The van der Waals surface area contributed by atoms with Gasteiger partial charge in [-0.25, -0.2) is 12.8 Å². The molecule has 0 bridgehead atoms. The van der Waals surface area contributed by atoms with Crippen LogP contribution in [0.2, 0.25) is 0 Å². The number of ether oxygens (including phenoxy) is 1. The summed E-state index contributed by atoms with van der Waals surface area (Å²) in [6.07, 6.45) is 0.922. The molecule has 0 radical (unpaired) electrons. The molecule has 0 atom stereocenters. The number of nitro groups is 1. The van der Waals surface area contributed by atoms with Gasteiger partial charge in [-0.2, -0.15) is 0 Å². The zero-order valence-corrected chi connectivity index (χ0v) is 15.2. The SMILES string of the molecule is CCC(=O)Nc1cc(NS(C)(=O)=O)c(Oc2ccccc2F)cc1[N+](=O)[O-]. The topological polar surface area (TPSA) is 128 Å². The first-order chi connectivity index (χ1) is 12.6. The van der Waals surface area contributed by atoms with E-state index in [1.54, 1.807) is 6.92 Å². The first kappa shape index (κ1) is 20.1. The minimum atomic E-state index is -3.79. The Morgan fingerprint density at radius 3 is 2.44 bits per heavy atom. The van der Waals surface area contributed by atoms with E-state index in [2.05, 4.69) is 10.0 Å². The predicted molar refractivity (Wildman–Crippen MR) is 97.0 cm³/mol. The quantitative estimate of drug-likeness (QED) is 0.545. The molecule has 0 aliphatic heterocycles. The van der Waals surface area contributed by atoms with Gasteiger partial charge >= 0.3 is 0 Å². The molecule has 1 amide bonds. The summed E-state index contributed by atoms with van der Waals surface area (Å²) in [5.41, 5.74) is -0.959. The number of hydrogen-bond acceptors (Lipinski definition) is 6. The summed E-state index contributed by atoms with van der Waals surface area (Å²) >= 11 is 0. The molecule has 2 aromatic rings. The molecular formula is C16H16FN3O6S. The second-order valence-corrected chi connectivity index (χ2v) is 7.18. The molecule has 2 rings (SSSR count). The minimum absolute atomic E-state index is 0.0550. The third kappa shape index (κ3) is 5.38. The predicted octanol–water partition coefficient (Wildman–Crippen LogP) is 3.25. The highest BCUT2D eigenvalue weighted by Gasteiger charge is 2.23. The maximum absolute atomic E-state index is 13.8. The Morgan fingerprint density at radius 1 is 1.22 bits per heavy atom. The molecule has 0 saturated heterocycles. The fourth-order valence-electron chi connectivity index (χ4n) is 2.07. The molecule has 0 saturated carbocycles. The van der Waals surface area contributed by atoms with Crippen molar-refractivity contribution in [2.45, 2.75) is 13.3 Å². The molecule has 0 aromatic heterocycles. The van der Waals surface area contributed by atoms with Crippen molar-refractivity contribution in [1.29, 1.82) is 0 Å². The maximum Gasteiger partial charge on any atom is 0.296 e. The fourth-order valence-corrected chi connectivity index (χ4v) is 2.63. The zero-order valence-electron chi connectivity index (χ0n) is 14.4. The van der Waals surface area contributed by atoms with E-state index >= 15 is 0 Å². The second kappa shape index (κ2) is 7.99. The third-order valence-electron chi connectivity index (χ3n) is 3.24. The van der Waals surface area contributed by atoms with Gasteiger partial charge in [0.2, 0.25) is 15.9 Å². The number of hydrogen-bond donors (Lipinski definition) is 2. The van der Waals surface area contributed by atoms with Crippen molar-refractivity contribution in [2.75, 3.05) is 16.3 Å². The minimum Gasteiger partial charge on any atom is -0.452 e. The van der Waals surface area contributed by atoms with Crippen molar-refractivity contribution < 1.29 is 27.3 Å². The van der Waals surface area contributed by atoms with Gasteiger partial charge in [0.05, 0.1) is 22.9 Å². The van der Waals surface area contributed by atoms with Crippen molar-refractivity contribution in [3.8, 4) is 11.5 Å². The van der Waals surface area contributed by atoms with Crippen molar-refractivity contribution >= 4 is 33.0 Å². The van der Waals surface area contributed by atoms with Gasteiger partial charge in [0, 0.05) is 6.42 Å². The first-order valence-electron chi connectivity index (χ1n) is 7.63. The van der Waals surface area contributed by atoms with Gasteiger partial charge in [-0.1, -0.05) is 19.1 Å². The van der Waals surface area contributed by atoms with Crippen LogP contribution in [0.15, 0.2) is 36.4 Å². The molecule has 2 aromatic carbocycles. The average Bonchev–Trinajstić information content (AvgIpc) is 2.57.